The molecule has 0 aliphatic carbocycles. The van der Waals surface area contributed by atoms with Crippen molar-refractivity contribution < 1.29 is 13.2 Å². The van der Waals surface area contributed by atoms with E-state index in [-0.39, 0.29) is 30.3 Å². The molecule has 1 amide bonds. The minimum atomic E-state index is -3.53. The summed E-state index contributed by atoms with van der Waals surface area (Å²) in [6, 6.07) is 8.87. The van der Waals surface area contributed by atoms with E-state index in [9.17, 15) is 13.2 Å². The average Bonchev–Trinajstić information content (AvgIpc) is 2.59. The van der Waals surface area contributed by atoms with Crippen LogP contribution in [0.15, 0.2) is 52.6 Å². The second-order valence-electron chi connectivity index (χ2n) is 5.31. The molecule has 2 aliphatic rings. The van der Waals surface area contributed by atoms with E-state index in [0.717, 1.165) is 5.56 Å². The molecule has 0 radical (unpaired) electrons. The highest BCUT2D eigenvalue weighted by molar-refractivity contribution is 7.90. The van der Waals surface area contributed by atoms with Gasteiger partial charge in [0.2, 0.25) is 0 Å². The Morgan fingerprint density at radius 1 is 1.33 bits per heavy atom. The first-order valence-corrected chi connectivity index (χ1v) is 8.85. The molecule has 7 nitrogen and oxygen atoms in total. The Hall–Kier alpha value is -2.92. The molecule has 0 fully saturated rings. The van der Waals surface area contributed by atoms with E-state index >= 15 is 0 Å². The Balaban J connectivity index is 1.74. The highest BCUT2D eigenvalue weighted by atomic mass is 32.2. The number of hydrogen-bond donors (Lipinski definition) is 1. The lowest BCUT2D eigenvalue weighted by Gasteiger charge is -2.28. The van der Waals surface area contributed by atoms with Crippen LogP contribution in [0.5, 0.6) is 0 Å². The van der Waals surface area contributed by atoms with Crippen molar-refractivity contribution in [2.45, 2.75) is 6.54 Å². The number of nitrogens with one attached hydrogen (secondary N) is 1. The lowest BCUT2D eigenvalue weighted by Crippen LogP contribution is -2.42. The molecule has 0 spiro atoms. The molecule has 0 saturated carbocycles. The zero-order valence-corrected chi connectivity index (χ0v) is 13.5. The number of amides is 1. The van der Waals surface area contributed by atoms with Gasteiger partial charge in [-0.15, -0.1) is 4.40 Å². The highest BCUT2D eigenvalue weighted by Gasteiger charge is 2.29. The van der Waals surface area contributed by atoms with E-state index in [2.05, 4.69) is 9.71 Å². The number of sulfonamides is 1. The third kappa shape index (κ3) is 3.36. The minimum absolute atomic E-state index is 0.0685. The van der Waals surface area contributed by atoms with Gasteiger partial charge in [0.1, 0.15) is 0 Å². The van der Waals surface area contributed by atoms with Crippen molar-refractivity contribution in [3.8, 4) is 6.07 Å². The van der Waals surface area contributed by atoms with Crippen LogP contribution in [-0.2, 0) is 21.4 Å². The second kappa shape index (κ2) is 6.29. The second-order valence-corrected chi connectivity index (χ2v) is 7.06. The van der Waals surface area contributed by atoms with Crippen molar-refractivity contribution >= 4 is 21.8 Å². The van der Waals surface area contributed by atoms with Gasteiger partial charge in [-0.1, -0.05) is 12.1 Å². The van der Waals surface area contributed by atoms with Gasteiger partial charge in [-0.2, -0.15) is 5.26 Å². The third-order valence-electron chi connectivity index (χ3n) is 3.64. The summed E-state index contributed by atoms with van der Waals surface area (Å²) in [5.41, 5.74) is 1.60. The number of rotatable bonds is 3. The zero-order chi connectivity index (χ0) is 17.2. The fourth-order valence-corrected chi connectivity index (χ4v) is 3.35. The first-order chi connectivity index (χ1) is 11.5. The number of allylic oxidation sites excluding steroid dienone is 2. The molecule has 1 aromatic carbocycles. The molecule has 1 aromatic rings. The Labute approximate surface area is 139 Å². The Morgan fingerprint density at radius 2 is 2.08 bits per heavy atom. The Bertz CT molecular complexity index is 906. The van der Waals surface area contributed by atoms with Crippen molar-refractivity contribution in [2.24, 2.45) is 4.40 Å². The van der Waals surface area contributed by atoms with Crippen LogP contribution >= 0.6 is 0 Å². The van der Waals surface area contributed by atoms with Gasteiger partial charge in [0.15, 0.2) is 5.84 Å². The largest absolute Gasteiger partial charge is 0.348 e. The maximum absolute atomic E-state index is 12.4. The van der Waals surface area contributed by atoms with Gasteiger partial charge in [-0.3, -0.25) is 4.79 Å². The average molecular weight is 342 g/mol. The highest BCUT2D eigenvalue weighted by Crippen LogP contribution is 2.18. The number of carbonyl (C=O) groups is 1. The van der Waals surface area contributed by atoms with Crippen LogP contribution in [0, 0.1) is 11.3 Å². The SMILES string of the molecule is N#Cc1ccc(CNC(=O)C2=CC=CN3CCS(=O)(=O)N=C23)cc1. The maximum Gasteiger partial charge on any atom is 0.256 e. The monoisotopic (exact) mass is 342 g/mol. The molecule has 24 heavy (non-hydrogen) atoms. The molecular weight excluding hydrogens is 328 g/mol. The number of benzene rings is 1. The summed E-state index contributed by atoms with van der Waals surface area (Å²) in [5, 5.41) is 11.5. The number of carbonyl (C=O) groups excluding carboxylic acids is 1. The van der Waals surface area contributed by atoms with Crippen LogP contribution < -0.4 is 5.32 Å². The summed E-state index contributed by atoms with van der Waals surface area (Å²) >= 11 is 0. The van der Waals surface area contributed by atoms with Crippen LogP contribution in [0.25, 0.3) is 0 Å². The van der Waals surface area contributed by atoms with Gasteiger partial charge >= 0.3 is 0 Å². The molecule has 0 atom stereocenters. The van der Waals surface area contributed by atoms with Crippen molar-refractivity contribution in [1.82, 2.24) is 10.2 Å². The van der Waals surface area contributed by atoms with Crippen LogP contribution in [0.3, 0.4) is 0 Å². The lowest BCUT2D eigenvalue weighted by molar-refractivity contribution is -0.117. The normalized spacial score (nSPS) is 18.0. The van der Waals surface area contributed by atoms with Gasteiger partial charge < -0.3 is 10.2 Å². The molecule has 8 heteroatoms. The van der Waals surface area contributed by atoms with Gasteiger partial charge in [0, 0.05) is 19.3 Å². The van der Waals surface area contributed by atoms with Gasteiger partial charge in [0.05, 0.1) is 23.0 Å². The van der Waals surface area contributed by atoms with Crippen LogP contribution in [0.2, 0.25) is 0 Å². The van der Waals surface area contributed by atoms with E-state index in [1.807, 2.05) is 6.07 Å². The topological polar surface area (TPSA) is 103 Å². The molecular formula is C16H14N4O3S. The molecule has 1 N–H and O–H groups in total. The summed E-state index contributed by atoms with van der Waals surface area (Å²) in [7, 11) is -3.53. The van der Waals surface area contributed by atoms with Crippen LogP contribution in [0.1, 0.15) is 11.1 Å². The Kier molecular flexibility index (Phi) is 4.18. The van der Waals surface area contributed by atoms with Crippen LogP contribution in [-0.4, -0.2) is 37.4 Å². The number of fused-ring (bicyclic) bond motifs is 1. The first kappa shape index (κ1) is 16.0. The quantitative estimate of drug-likeness (QED) is 0.870. The minimum Gasteiger partial charge on any atom is -0.348 e. The van der Waals surface area contributed by atoms with Gasteiger partial charge in [-0.25, -0.2) is 8.42 Å². The van der Waals surface area contributed by atoms with Gasteiger partial charge in [0.25, 0.3) is 15.9 Å². The smallest absolute Gasteiger partial charge is 0.256 e. The predicted molar refractivity (Wildman–Crippen MR) is 88.2 cm³/mol. The number of hydrogen-bond acceptors (Lipinski definition) is 5. The Morgan fingerprint density at radius 3 is 2.79 bits per heavy atom. The fourth-order valence-electron chi connectivity index (χ4n) is 2.37. The van der Waals surface area contributed by atoms with E-state index < -0.39 is 15.9 Å². The van der Waals surface area contributed by atoms with Crippen molar-refractivity contribution in [2.75, 3.05) is 12.3 Å². The lowest BCUT2D eigenvalue weighted by atomic mass is 10.1. The van der Waals surface area contributed by atoms with Crippen molar-refractivity contribution in [3.05, 3.63) is 59.3 Å². The summed E-state index contributed by atoms with van der Waals surface area (Å²) in [5.74, 6) is -0.313. The first-order valence-electron chi connectivity index (χ1n) is 7.24. The van der Waals surface area contributed by atoms with Gasteiger partial charge in [-0.05, 0) is 29.8 Å². The third-order valence-corrected chi connectivity index (χ3v) is 4.79. The van der Waals surface area contributed by atoms with Crippen molar-refractivity contribution in [3.63, 3.8) is 0 Å². The molecule has 2 aliphatic heterocycles. The van der Waals surface area contributed by atoms with Crippen LogP contribution in [0.4, 0.5) is 0 Å². The molecule has 2 heterocycles. The summed E-state index contributed by atoms with van der Waals surface area (Å²) in [6.07, 6.45) is 4.93. The number of nitriles is 1. The van der Waals surface area contributed by atoms with E-state index in [1.165, 1.54) is 0 Å². The number of nitrogens with zero attached hydrogens (tertiary/aromatic N) is 3. The predicted octanol–water partition coefficient (Wildman–Crippen LogP) is 0.672. The summed E-state index contributed by atoms with van der Waals surface area (Å²) in [4.78, 5) is 14.0. The fraction of sp³-hybridized carbons (Fsp3) is 0.188. The molecule has 3 rings (SSSR count). The van der Waals surface area contributed by atoms with Crippen molar-refractivity contribution in [1.29, 1.82) is 5.26 Å². The summed E-state index contributed by atoms with van der Waals surface area (Å²) in [6.45, 7) is 0.545. The maximum atomic E-state index is 12.4. The van der Waals surface area contributed by atoms with E-state index in [4.69, 9.17) is 5.26 Å². The molecule has 122 valence electrons. The number of amidine groups is 1. The zero-order valence-electron chi connectivity index (χ0n) is 12.6. The summed E-state index contributed by atoms with van der Waals surface area (Å²) < 4.78 is 27.1. The molecule has 0 saturated heterocycles. The van der Waals surface area contributed by atoms with E-state index in [0.29, 0.717) is 5.56 Å². The molecule has 0 bridgehead atoms. The van der Waals surface area contributed by atoms with E-state index in [1.54, 1.807) is 47.5 Å². The molecule has 0 aromatic heterocycles. The standard InChI is InChI=1S/C16H14N4O3S/c17-10-12-3-5-13(6-4-12)11-18-16(21)14-2-1-7-20-8-9-24(22,23)19-15(14)20/h1-7H,8-9,11H2,(H,18,21). The molecule has 0 unspecified atom stereocenters.